The average molecular weight is 584 g/mol. The fourth-order valence-electron chi connectivity index (χ4n) is 8.24. The molecule has 0 saturated carbocycles. The highest BCUT2D eigenvalue weighted by molar-refractivity contribution is 5.88. The lowest BCUT2D eigenvalue weighted by molar-refractivity contribution is 0.546. The van der Waals surface area contributed by atoms with E-state index < -0.39 is 0 Å². The van der Waals surface area contributed by atoms with E-state index in [-0.39, 0.29) is 5.92 Å². The molecule has 2 atom stereocenters. The molecule has 1 aromatic rings. The summed E-state index contributed by atoms with van der Waals surface area (Å²) in [5, 5.41) is 0. The van der Waals surface area contributed by atoms with Crippen molar-refractivity contribution in [2.24, 2.45) is 17.6 Å². The maximum atomic E-state index is 6.98. The molecule has 7 aliphatic rings. The molecular weight excluding hydrogens is 542 g/mol. The summed E-state index contributed by atoms with van der Waals surface area (Å²) < 4.78 is 0. The van der Waals surface area contributed by atoms with E-state index in [4.69, 9.17) is 5.73 Å². The van der Waals surface area contributed by atoms with Gasteiger partial charge in [0, 0.05) is 23.1 Å². The average Bonchev–Trinajstić information content (AvgIpc) is 3.36. The van der Waals surface area contributed by atoms with E-state index in [0.717, 1.165) is 57.1 Å². The molecule has 0 bridgehead atoms. The van der Waals surface area contributed by atoms with Crippen molar-refractivity contribution in [2.45, 2.75) is 51.4 Å². The lowest BCUT2D eigenvalue weighted by Crippen LogP contribution is -2.30. The number of rotatable bonds is 4. The summed E-state index contributed by atoms with van der Waals surface area (Å²) >= 11 is 0. The molecule has 0 aliphatic heterocycles. The van der Waals surface area contributed by atoms with Gasteiger partial charge in [-0.25, -0.2) is 0 Å². The second-order valence-electron chi connectivity index (χ2n) is 13.0. The van der Waals surface area contributed by atoms with Crippen molar-refractivity contribution < 1.29 is 0 Å². The normalized spacial score (nSPS) is 25.6. The van der Waals surface area contributed by atoms with Crippen molar-refractivity contribution in [3.05, 3.63) is 176 Å². The second kappa shape index (κ2) is 12.1. The quantitative estimate of drug-likeness (QED) is 0.375. The fourth-order valence-corrected chi connectivity index (χ4v) is 8.24. The van der Waals surface area contributed by atoms with Crippen LogP contribution in [0.15, 0.2) is 148 Å². The minimum Gasteiger partial charge on any atom is -0.398 e. The number of allylic oxidation sites excluding steroid dienone is 23. The smallest absolute Gasteiger partial charge is 0.0396 e. The molecule has 0 saturated heterocycles. The van der Waals surface area contributed by atoms with E-state index in [9.17, 15) is 0 Å². The SMILES string of the molecule is N/C(=C\C=C1\C=CC=CC1)C1=C2C=CC=CC2C(C2=CC(c3cc4c(c5c3C=CCC=C5)CCC=C4)=CCC2)C2=CCCC=C21. The molecule has 2 unspecified atom stereocenters. The molecular formula is C44H41N. The summed E-state index contributed by atoms with van der Waals surface area (Å²) in [4.78, 5) is 0. The van der Waals surface area contributed by atoms with Crippen molar-refractivity contribution in [3.63, 3.8) is 0 Å². The third-order valence-electron chi connectivity index (χ3n) is 10.3. The number of hydrogen-bond acceptors (Lipinski definition) is 1. The largest absolute Gasteiger partial charge is 0.398 e. The zero-order valence-electron chi connectivity index (χ0n) is 26.0. The van der Waals surface area contributed by atoms with Crippen molar-refractivity contribution >= 4 is 23.8 Å². The van der Waals surface area contributed by atoms with Crippen LogP contribution in [0.4, 0.5) is 0 Å². The van der Waals surface area contributed by atoms with Crippen molar-refractivity contribution in [1.29, 1.82) is 0 Å². The van der Waals surface area contributed by atoms with Gasteiger partial charge in [-0.3, -0.25) is 0 Å². The third-order valence-corrected chi connectivity index (χ3v) is 10.3. The highest BCUT2D eigenvalue weighted by atomic mass is 14.6. The molecule has 0 heterocycles. The van der Waals surface area contributed by atoms with Gasteiger partial charge in [0.15, 0.2) is 0 Å². The van der Waals surface area contributed by atoms with Gasteiger partial charge in [0.2, 0.25) is 0 Å². The van der Waals surface area contributed by atoms with Crippen molar-refractivity contribution in [3.8, 4) is 0 Å². The molecule has 0 radical (unpaired) electrons. The number of benzene rings is 1. The van der Waals surface area contributed by atoms with Crippen LogP contribution in [-0.4, -0.2) is 0 Å². The van der Waals surface area contributed by atoms with E-state index in [1.54, 1.807) is 5.57 Å². The minimum atomic E-state index is 0.278. The van der Waals surface area contributed by atoms with Crippen LogP contribution >= 0.6 is 0 Å². The molecule has 0 fully saturated rings. The molecule has 0 amide bonds. The maximum Gasteiger partial charge on any atom is 0.0396 e. The van der Waals surface area contributed by atoms with Gasteiger partial charge in [-0.15, -0.1) is 0 Å². The Labute approximate surface area is 268 Å². The van der Waals surface area contributed by atoms with Gasteiger partial charge in [-0.2, -0.15) is 0 Å². The third kappa shape index (κ3) is 5.15. The van der Waals surface area contributed by atoms with E-state index in [2.05, 4.69) is 128 Å². The number of hydrogen-bond donors (Lipinski definition) is 1. The molecule has 0 aromatic heterocycles. The van der Waals surface area contributed by atoms with Crippen molar-refractivity contribution in [2.75, 3.05) is 0 Å². The molecule has 7 aliphatic carbocycles. The molecule has 45 heavy (non-hydrogen) atoms. The molecule has 222 valence electrons. The summed E-state index contributed by atoms with van der Waals surface area (Å²) in [7, 11) is 0. The fraction of sp³-hybridized carbons (Fsp3) is 0.227. The van der Waals surface area contributed by atoms with Crippen LogP contribution in [0, 0.1) is 11.8 Å². The van der Waals surface area contributed by atoms with E-state index in [1.807, 2.05) is 0 Å². The van der Waals surface area contributed by atoms with Crippen LogP contribution in [0.2, 0.25) is 0 Å². The number of fused-ring (bicyclic) bond motifs is 5. The van der Waals surface area contributed by atoms with Crippen LogP contribution in [0.5, 0.6) is 0 Å². The molecule has 1 aromatic carbocycles. The number of nitrogens with two attached hydrogens (primary N) is 1. The van der Waals surface area contributed by atoms with Gasteiger partial charge < -0.3 is 5.73 Å². The molecule has 1 heteroatoms. The van der Waals surface area contributed by atoms with Gasteiger partial charge in [0.05, 0.1) is 0 Å². The topological polar surface area (TPSA) is 26.0 Å². The van der Waals surface area contributed by atoms with E-state index in [0.29, 0.717) is 5.92 Å². The first-order valence-corrected chi connectivity index (χ1v) is 16.9. The van der Waals surface area contributed by atoms with Crippen LogP contribution in [0.3, 0.4) is 0 Å². The summed E-state index contributed by atoms with van der Waals surface area (Å²) in [5.74, 6) is 0.602. The monoisotopic (exact) mass is 583 g/mol. The minimum absolute atomic E-state index is 0.278. The summed E-state index contributed by atoms with van der Waals surface area (Å²) in [6, 6.07) is 2.47. The zero-order chi connectivity index (χ0) is 30.2. The Morgan fingerprint density at radius 1 is 0.778 bits per heavy atom. The molecule has 1 nitrogen and oxygen atoms in total. The predicted molar refractivity (Wildman–Crippen MR) is 193 cm³/mol. The molecule has 2 N–H and O–H groups in total. The Morgan fingerprint density at radius 3 is 2.58 bits per heavy atom. The van der Waals surface area contributed by atoms with Gasteiger partial charge >= 0.3 is 0 Å². The Hall–Kier alpha value is -4.62. The van der Waals surface area contributed by atoms with E-state index >= 15 is 0 Å². The Balaban J connectivity index is 1.23. The van der Waals surface area contributed by atoms with Crippen LogP contribution < -0.4 is 5.73 Å². The van der Waals surface area contributed by atoms with Gasteiger partial charge in [-0.05, 0) is 119 Å². The predicted octanol–water partition coefficient (Wildman–Crippen LogP) is 10.8. The summed E-state index contributed by atoms with van der Waals surface area (Å²) in [6.45, 7) is 0. The van der Waals surface area contributed by atoms with Crippen LogP contribution in [-0.2, 0) is 6.42 Å². The highest BCUT2D eigenvalue weighted by Gasteiger charge is 2.39. The summed E-state index contributed by atoms with van der Waals surface area (Å²) in [5.41, 5.74) is 24.6. The van der Waals surface area contributed by atoms with Crippen LogP contribution in [0.1, 0.15) is 72.8 Å². The maximum absolute atomic E-state index is 6.98. The lowest BCUT2D eigenvalue weighted by Gasteiger charge is -2.41. The first kappa shape index (κ1) is 27.9. The van der Waals surface area contributed by atoms with Crippen LogP contribution in [0.25, 0.3) is 23.8 Å². The Bertz CT molecular complexity index is 1890. The zero-order valence-corrected chi connectivity index (χ0v) is 26.0. The van der Waals surface area contributed by atoms with Crippen molar-refractivity contribution in [1.82, 2.24) is 0 Å². The van der Waals surface area contributed by atoms with Gasteiger partial charge in [0.1, 0.15) is 0 Å². The standard InChI is InChI=1S/C44H41N/c45-42(27-26-30-14-3-1-4-15-30)44-39-24-11-9-22-37(39)43(38-23-10-12-25-40(38)44)33-18-13-17-31(28-33)41-29-32-16-7-8-19-34(32)35-20-5-2-6-21-36(35)41/h1,3-7,9,11,14,16-17,20-29,37,43H,2,8,10,12-13,15,18-19,45H2/b30-26-,42-27-. The second-order valence-corrected chi connectivity index (χ2v) is 13.0. The van der Waals surface area contributed by atoms with Gasteiger partial charge in [0.25, 0.3) is 0 Å². The Kier molecular flexibility index (Phi) is 7.47. The van der Waals surface area contributed by atoms with Gasteiger partial charge in [-0.1, -0.05) is 121 Å². The first-order valence-electron chi connectivity index (χ1n) is 16.9. The van der Waals surface area contributed by atoms with E-state index in [1.165, 1.54) is 61.3 Å². The lowest BCUT2D eigenvalue weighted by atomic mass is 9.62. The summed E-state index contributed by atoms with van der Waals surface area (Å²) in [6.07, 6.45) is 54.7. The first-order chi connectivity index (χ1) is 22.3. The highest BCUT2D eigenvalue weighted by Crippen LogP contribution is 2.52. The molecule has 8 rings (SSSR count). The molecule has 0 spiro atoms. The Morgan fingerprint density at radius 2 is 1.67 bits per heavy atom.